The Morgan fingerprint density at radius 1 is 1.26 bits per heavy atom. The summed E-state index contributed by atoms with van der Waals surface area (Å²) in [4.78, 5) is 0. The van der Waals surface area contributed by atoms with Crippen LogP contribution in [0.2, 0.25) is 0 Å². The first-order valence-electron chi connectivity index (χ1n) is 6.45. The van der Waals surface area contributed by atoms with E-state index in [9.17, 15) is 0 Å². The molecule has 0 aliphatic carbocycles. The zero-order chi connectivity index (χ0) is 14.2. The van der Waals surface area contributed by atoms with Gasteiger partial charge in [0, 0.05) is 16.2 Å². The van der Waals surface area contributed by atoms with Gasteiger partial charge in [-0.3, -0.25) is 0 Å². The Bertz CT molecular complexity index is 602. The molecule has 1 atom stereocenters. The second-order valence-corrected chi connectivity index (χ2v) is 5.78. The molecule has 1 aromatic heterocycles. The standard InChI is InChI=1S/C15H20BrN3/c1-9-10(2)18-19(12(9)4)15-7-6-13(8-14(15)16)11(3)17-5/h6-8,11,17H,1-5H3. The molecule has 102 valence electrons. The van der Waals surface area contributed by atoms with E-state index in [1.807, 2.05) is 18.7 Å². The summed E-state index contributed by atoms with van der Waals surface area (Å²) in [5, 5.41) is 7.86. The molecule has 2 aromatic rings. The molecule has 2 rings (SSSR count). The molecule has 0 amide bonds. The number of benzene rings is 1. The van der Waals surface area contributed by atoms with E-state index in [1.165, 1.54) is 16.8 Å². The maximum Gasteiger partial charge on any atom is 0.0791 e. The van der Waals surface area contributed by atoms with Crippen molar-refractivity contribution in [3.05, 3.63) is 45.2 Å². The number of hydrogen-bond donors (Lipinski definition) is 1. The lowest BCUT2D eigenvalue weighted by Gasteiger charge is -2.14. The van der Waals surface area contributed by atoms with Gasteiger partial charge >= 0.3 is 0 Å². The molecule has 0 spiro atoms. The highest BCUT2D eigenvalue weighted by Gasteiger charge is 2.12. The normalized spacial score (nSPS) is 12.7. The third-order valence-corrected chi connectivity index (χ3v) is 4.42. The van der Waals surface area contributed by atoms with Gasteiger partial charge in [-0.15, -0.1) is 0 Å². The molecular formula is C15H20BrN3. The number of aromatic nitrogens is 2. The molecule has 0 saturated carbocycles. The van der Waals surface area contributed by atoms with Crippen molar-refractivity contribution in [2.75, 3.05) is 7.05 Å². The first-order chi connectivity index (χ1) is 8.95. The number of nitrogens with zero attached hydrogens (tertiary/aromatic N) is 2. The minimum atomic E-state index is 0.340. The molecule has 0 saturated heterocycles. The van der Waals surface area contributed by atoms with Crippen molar-refractivity contribution in [1.82, 2.24) is 15.1 Å². The third kappa shape index (κ3) is 2.60. The quantitative estimate of drug-likeness (QED) is 0.930. The van der Waals surface area contributed by atoms with Crippen molar-refractivity contribution in [3.63, 3.8) is 0 Å². The van der Waals surface area contributed by atoms with Gasteiger partial charge in [0.2, 0.25) is 0 Å². The SMILES string of the molecule is CNC(C)c1ccc(-n2nc(C)c(C)c2C)c(Br)c1. The van der Waals surface area contributed by atoms with Gasteiger partial charge in [-0.1, -0.05) is 6.07 Å². The molecule has 0 aliphatic rings. The molecule has 1 heterocycles. The maximum absolute atomic E-state index is 4.61. The number of rotatable bonds is 3. The summed E-state index contributed by atoms with van der Waals surface area (Å²) in [5.74, 6) is 0. The smallest absolute Gasteiger partial charge is 0.0791 e. The van der Waals surface area contributed by atoms with Gasteiger partial charge in [0.15, 0.2) is 0 Å². The molecule has 4 heteroatoms. The Balaban J connectivity index is 2.49. The Hall–Kier alpha value is -1.13. The number of nitrogens with one attached hydrogen (secondary N) is 1. The molecule has 0 fully saturated rings. The van der Waals surface area contributed by atoms with Crippen molar-refractivity contribution < 1.29 is 0 Å². The van der Waals surface area contributed by atoms with Crippen LogP contribution >= 0.6 is 15.9 Å². The van der Waals surface area contributed by atoms with E-state index < -0.39 is 0 Å². The Labute approximate surface area is 123 Å². The van der Waals surface area contributed by atoms with Crippen LogP contribution in [0.3, 0.4) is 0 Å². The van der Waals surface area contributed by atoms with Crippen molar-refractivity contribution in [1.29, 1.82) is 0 Å². The van der Waals surface area contributed by atoms with Gasteiger partial charge < -0.3 is 5.32 Å². The summed E-state index contributed by atoms with van der Waals surface area (Å²) in [5.41, 5.74) is 5.86. The Morgan fingerprint density at radius 3 is 2.42 bits per heavy atom. The lowest BCUT2D eigenvalue weighted by molar-refractivity contribution is 0.651. The predicted molar refractivity (Wildman–Crippen MR) is 82.9 cm³/mol. The zero-order valence-electron chi connectivity index (χ0n) is 12.1. The van der Waals surface area contributed by atoms with E-state index in [1.54, 1.807) is 0 Å². The molecule has 19 heavy (non-hydrogen) atoms. The van der Waals surface area contributed by atoms with Crippen LogP contribution in [0.4, 0.5) is 0 Å². The fourth-order valence-corrected chi connectivity index (χ4v) is 2.65. The summed E-state index contributed by atoms with van der Waals surface area (Å²) in [6, 6.07) is 6.76. The van der Waals surface area contributed by atoms with Crippen LogP contribution in [0, 0.1) is 20.8 Å². The average molecular weight is 322 g/mol. The minimum absolute atomic E-state index is 0.340. The van der Waals surface area contributed by atoms with Gasteiger partial charge in [0.1, 0.15) is 0 Å². The first kappa shape index (κ1) is 14.3. The van der Waals surface area contributed by atoms with Crippen molar-refractivity contribution in [3.8, 4) is 5.69 Å². The summed E-state index contributed by atoms with van der Waals surface area (Å²) in [7, 11) is 1.97. The van der Waals surface area contributed by atoms with Gasteiger partial charge in [-0.05, 0) is 73.9 Å². The number of hydrogen-bond acceptors (Lipinski definition) is 2. The summed E-state index contributed by atoms with van der Waals surface area (Å²) in [6.45, 7) is 8.41. The first-order valence-corrected chi connectivity index (χ1v) is 7.25. The van der Waals surface area contributed by atoms with E-state index in [0.717, 1.165) is 15.9 Å². The van der Waals surface area contributed by atoms with Gasteiger partial charge in [-0.2, -0.15) is 5.10 Å². The van der Waals surface area contributed by atoms with Crippen LogP contribution < -0.4 is 5.32 Å². The second kappa shape index (κ2) is 5.47. The van der Waals surface area contributed by atoms with E-state index in [0.29, 0.717) is 6.04 Å². The monoisotopic (exact) mass is 321 g/mol. The topological polar surface area (TPSA) is 29.9 Å². The van der Waals surface area contributed by atoms with E-state index in [4.69, 9.17) is 0 Å². The number of aryl methyl sites for hydroxylation is 1. The highest BCUT2D eigenvalue weighted by atomic mass is 79.9. The fourth-order valence-electron chi connectivity index (χ4n) is 2.09. The molecule has 0 aliphatic heterocycles. The van der Waals surface area contributed by atoms with Crippen LogP contribution in [-0.4, -0.2) is 16.8 Å². The lowest BCUT2D eigenvalue weighted by Crippen LogP contribution is -2.12. The number of halogens is 1. The summed E-state index contributed by atoms with van der Waals surface area (Å²) < 4.78 is 3.07. The molecule has 0 radical (unpaired) electrons. The molecule has 3 nitrogen and oxygen atoms in total. The largest absolute Gasteiger partial charge is 0.313 e. The van der Waals surface area contributed by atoms with Crippen LogP contribution in [-0.2, 0) is 0 Å². The van der Waals surface area contributed by atoms with Crippen LogP contribution in [0.25, 0.3) is 5.69 Å². The van der Waals surface area contributed by atoms with Gasteiger partial charge in [0.05, 0.1) is 11.4 Å². The minimum Gasteiger partial charge on any atom is -0.313 e. The highest BCUT2D eigenvalue weighted by molar-refractivity contribution is 9.10. The van der Waals surface area contributed by atoms with Crippen molar-refractivity contribution in [2.45, 2.75) is 33.7 Å². The van der Waals surface area contributed by atoms with Crippen molar-refractivity contribution in [2.24, 2.45) is 0 Å². The Kier molecular flexibility index (Phi) is 4.11. The summed E-state index contributed by atoms with van der Waals surface area (Å²) in [6.07, 6.45) is 0. The van der Waals surface area contributed by atoms with Crippen LogP contribution in [0.5, 0.6) is 0 Å². The van der Waals surface area contributed by atoms with Gasteiger partial charge in [0.25, 0.3) is 0 Å². The summed E-state index contributed by atoms with van der Waals surface area (Å²) >= 11 is 3.66. The molecular weight excluding hydrogens is 302 g/mol. The fraction of sp³-hybridized carbons (Fsp3) is 0.400. The van der Waals surface area contributed by atoms with E-state index >= 15 is 0 Å². The van der Waals surface area contributed by atoms with Crippen LogP contribution in [0.1, 0.15) is 35.5 Å². The van der Waals surface area contributed by atoms with Gasteiger partial charge in [-0.25, -0.2) is 4.68 Å². The molecule has 1 unspecified atom stereocenters. The third-order valence-electron chi connectivity index (χ3n) is 3.79. The maximum atomic E-state index is 4.61. The average Bonchev–Trinajstić information content (AvgIpc) is 2.65. The van der Waals surface area contributed by atoms with Crippen molar-refractivity contribution >= 4 is 15.9 Å². The Morgan fingerprint density at radius 2 is 1.95 bits per heavy atom. The predicted octanol–water partition coefficient (Wildman–Crippen LogP) is 3.84. The van der Waals surface area contributed by atoms with Crippen LogP contribution in [0.15, 0.2) is 22.7 Å². The van der Waals surface area contributed by atoms with E-state index in [2.05, 4.69) is 65.3 Å². The molecule has 0 bridgehead atoms. The molecule has 1 aromatic carbocycles. The molecule has 1 N–H and O–H groups in total. The highest BCUT2D eigenvalue weighted by Crippen LogP contribution is 2.27. The second-order valence-electron chi connectivity index (χ2n) is 4.93. The zero-order valence-corrected chi connectivity index (χ0v) is 13.7. The lowest BCUT2D eigenvalue weighted by atomic mass is 10.1. The van der Waals surface area contributed by atoms with E-state index in [-0.39, 0.29) is 0 Å².